The van der Waals surface area contributed by atoms with E-state index >= 15 is 0 Å². The molecule has 31 heavy (non-hydrogen) atoms. The van der Waals surface area contributed by atoms with Gasteiger partial charge in [-0.1, -0.05) is 18.2 Å². The van der Waals surface area contributed by atoms with Crippen LogP contribution in [0.15, 0.2) is 42.5 Å². The summed E-state index contributed by atoms with van der Waals surface area (Å²) in [5.74, 6) is 1.06. The smallest absolute Gasteiger partial charge is 0.321 e. The summed E-state index contributed by atoms with van der Waals surface area (Å²) in [6.45, 7) is 5.47. The van der Waals surface area contributed by atoms with Crippen LogP contribution in [0.1, 0.15) is 32.3 Å². The molecular weight excluding hydrogens is 394 g/mol. The molecule has 2 heterocycles. The monoisotopic (exact) mass is 423 g/mol. The molecule has 2 atom stereocenters. The lowest BCUT2D eigenvalue weighted by Crippen LogP contribution is -2.45. The van der Waals surface area contributed by atoms with Crippen LogP contribution in [-0.4, -0.2) is 42.6 Å². The van der Waals surface area contributed by atoms with Crippen molar-refractivity contribution in [1.29, 1.82) is 0 Å². The summed E-state index contributed by atoms with van der Waals surface area (Å²) < 4.78 is 11.6. The van der Waals surface area contributed by atoms with E-state index in [-0.39, 0.29) is 24.0 Å². The number of fused-ring (bicyclic) bond motifs is 1. The Balaban J connectivity index is 1.42. The molecule has 164 valence electrons. The number of rotatable bonds is 5. The van der Waals surface area contributed by atoms with Crippen LogP contribution in [0.5, 0.6) is 11.5 Å². The van der Waals surface area contributed by atoms with Gasteiger partial charge < -0.3 is 25.0 Å². The Morgan fingerprint density at radius 2 is 2.00 bits per heavy atom. The van der Waals surface area contributed by atoms with Crippen molar-refractivity contribution in [3.8, 4) is 11.5 Å². The molecule has 4 rings (SSSR count). The van der Waals surface area contributed by atoms with Gasteiger partial charge in [-0.05, 0) is 44.9 Å². The Hall–Kier alpha value is -3.22. The number of amides is 3. The second-order valence-corrected chi connectivity index (χ2v) is 8.09. The predicted molar refractivity (Wildman–Crippen MR) is 120 cm³/mol. The lowest BCUT2D eigenvalue weighted by Gasteiger charge is -2.32. The molecular formula is C24H29N3O4. The summed E-state index contributed by atoms with van der Waals surface area (Å²) in [6.07, 6.45) is 2.47. The van der Waals surface area contributed by atoms with E-state index in [4.69, 9.17) is 9.47 Å². The van der Waals surface area contributed by atoms with E-state index in [1.807, 2.05) is 56.3 Å². The van der Waals surface area contributed by atoms with Crippen LogP contribution in [-0.2, 0) is 11.2 Å². The Labute approximate surface area is 182 Å². The number of piperidine rings is 1. The fraction of sp³-hybridized carbons (Fsp3) is 0.417. The molecule has 0 aromatic heterocycles. The standard InChI is InChI=1S/C24H29N3O4/c1-3-30-22-13-18-12-16(2)31-21(18)14-20(22)26-23(28)17-8-7-11-27(15-17)24(29)25-19-9-5-4-6-10-19/h4-6,9-10,13-14,16-17H,3,7-8,11-12,15H2,1-2H3,(H,25,29)(H,26,28)/t16-,17+/m1/s1. The lowest BCUT2D eigenvalue weighted by atomic mass is 9.97. The quantitative estimate of drug-likeness (QED) is 0.752. The molecule has 0 radical (unpaired) electrons. The number of para-hydroxylation sites is 1. The highest BCUT2D eigenvalue weighted by atomic mass is 16.5. The number of benzene rings is 2. The Morgan fingerprint density at radius 3 is 2.77 bits per heavy atom. The van der Waals surface area contributed by atoms with Gasteiger partial charge >= 0.3 is 6.03 Å². The van der Waals surface area contributed by atoms with Crippen LogP contribution in [0.25, 0.3) is 0 Å². The minimum atomic E-state index is -0.280. The SMILES string of the molecule is CCOc1cc2c(cc1NC(=O)[C@H]1CCCN(C(=O)Nc3ccccc3)C1)O[C@H](C)C2. The van der Waals surface area contributed by atoms with Crippen LogP contribution in [0, 0.1) is 5.92 Å². The van der Waals surface area contributed by atoms with E-state index in [0.29, 0.717) is 31.1 Å². The number of hydrogen-bond donors (Lipinski definition) is 2. The molecule has 0 unspecified atom stereocenters. The summed E-state index contributed by atoms with van der Waals surface area (Å²) in [7, 11) is 0. The van der Waals surface area contributed by atoms with Gasteiger partial charge in [0.15, 0.2) is 0 Å². The second kappa shape index (κ2) is 9.29. The topological polar surface area (TPSA) is 79.9 Å². The molecule has 2 aromatic rings. The molecule has 0 spiro atoms. The third-order valence-corrected chi connectivity index (χ3v) is 5.66. The van der Waals surface area contributed by atoms with Crippen molar-refractivity contribution in [2.24, 2.45) is 5.92 Å². The van der Waals surface area contributed by atoms with Crippen molar-refractivity contribution >= 4 is 23.3 Å². The zero-order chi connectivity index (χ0) is 21.8. The van der Waals surface area contributed by atoms with Crippen LogP contribution < -0.4 is 20.1 Å². The fourth-order valence-corrected chi connectivity index (χ4v) is 4.15. The summed E-state index contributed by atoms with van der Waals surface area (Å²) >= 11 is 0. The van der Waals surface area contributed by atoms with Crippen molar-refractivity contribution in [1.82, 2.24) is 4.90 Å². The van der Waals surface area contributed by atoms with Crippen LogP contribution in [0.2, 0.25) is 0 Å². The Kier molecular flexibility index (Phi) is 6.30. The van der Waals surface area contributed by atoms with Crippen molar-refractivity contribution in [3.05, 3.63) is 48.0 Å². The maximum absolute atomic E-state index is 13.0. The third-order valence-electron chi connectivity index (χ3n) is 5.66. The predicted octanol–water partition coefficient (Wildman–Crippen LogP) is 4.29. The second-order valence-electron chi connectivity index (χ2n) is 8.09. The first-order valence-electron chi connectivity index (χ1n) is 10.9. The number of anilines is 2. The summed E-state index contributed by atoms with van der Waals surface area (Å²) in [5, 5.41) is 5.91. The molecule has 0 saturated carbocycles. The fourth-order valence-electron chi connectivity index (χ4n) is 4.15. The van der Waals surface area contributed by atoms with Crippen molar-refractivity contribution in [3.63, 3.8) is 0 Å². The number of hydrogen-bond acceptors (Lipinski definition) is 4. The number of ether oxygens (including phenoxy) is 2. The zero-order valence-corrected chi connectivity index (χ0v) is 18.0. The van der Waals surface area contributed by atoms with E-state index in [1.54, 1.807) is 4.90 Å². The van der Waals surface area contributed by atoms with Crippen molar-refractivity contribution in [2.75, 3.05) is 30.3 Å². The van der Waals surface area contributed by atoms with Crippen molar-refractivity contribution < 1.29 is 19.1 Å². The first kappa shape index (κ1) is 21.0. The molecule has 2 aromatic carbocycles. The number of carbonyl (C=O) groups is 2. The van der Waals surface area contributed by atoms with Crippen LogP contribution in [0.4, 0.5) is 16.2 Å². The summed E-state index contributed by atoms with van der Waals surface area (Å²) in [6, 6.07) is 13.0. The maximum atomic E-state index is 13.0. The number of nitrogens with zero attached hydrogens (tertiary/aromatic N) is 1. The van der Waals surface area contributed by atoms with Gasteiger partial charge in [-0.25, -0.2) is 4.79 Å². The maximum Gasteiger partial charge on any atom is 0.321 e. The zero-order valence-electron chi connectivity index (χ0n) is 18.0. The summed E-state index contributed by atoms with van der Waals surface area (Å²) in [4.78, 5) is 27.4. The highest BCUT2D eigenvalue weighted by Gasteiger charge is 2.30. The van der Waals surface area contributed by atoms with Crippen LogP contribution >= 0.6 is 0 Å². The number of urea groups is 1. The van der Waals surface area contributed by atoms with E-state index in [1.165, 1.54) is 0 Å². The Morgan fingerprint density at radius 1 is 1.19 bits per heavy atom. The Bertz CT molecular complexity index is 947. The largest absolute Gasteiger partial charge is 0.492 e. The van der Waals surface area contributed by atoms with Gasteiger partial charge in [0.2, 0.25) is 5.91 Å². The molecule has 2 aliphatic heterocycles. The molecule has 7 nitrogen and oxygen atoms in total. The van der Waals surface area contributed by atoms with E-state index in [2.05, 4.69) is 10.6 Å². The number of likely N-dealkylation sites (tertiary alicyclic amines) is 1. The lowest BCUT2D eigenvalue weighted by molar-refractivity contribution is -0.121. The van der Waals surface area contributed by atoms with E-state index in [9.17, 15) is 9.59 Å². The minimum absolute atomic E-state index is 0.107. The average Bonchev–Trinajstić information content (AvgIpc) is 3.13. The molecule has 2 aliphatic rings. The van der Waals surface area contributed by atoms with E-state index in [0.717, 1.165) is 36.3 Å². The van der Waals surface area contributed by atoms with Gasteiger partial charge in [-0.15, -0.1) is 0 Å². The third kappa shape index (κ3) is 4.93. The normalized spacial score (nSPS) is 19.9. The van der Waals surface area contributed by atoms with Gasteiger partial charge in [0.05, 0.1) is 18.2 Å². The number of nitrogens with one attached hydrogen (secondary N) is 2. The highest BCUT2D eigenvalue weighted by molar-refractivity contribution is 5.95. The molecule has 0 aliphatic carbocycles. The molecule has 1 saturated heterocycles. The van der Waals surface area contributed by atoms with E-state index < -0.39 is 0 Å². The van der Waals surface area contributed by atoms with Gasteiger partial charge in [0.25, 0.3) is 0 Å². The van der Waals surface area contributed by atoms with Crippen molar-refractivity contribution in [2.45, 2.75) is 39.2 Å². The summed E-state index contributed by atoms with van der Waals surface area (Å²) in [5.41, 5.74) is 2.45. The minimum Gasteiger partial charge on any atom is -0.492 e. The molecule has 2 N–H and O–H groups in total. The molecule has 1 fully saturated rings. The molecule has 0 bridgehead atoms. The van der Waals surface area contributed by atoms with Gasteiger partial charge in [-0.2, -0.15) is 0 Å². The number of carbonyl (C=O) groups excluding carboxylic acids is 2. The molecule has 7 heteroatoms. The van der Waals surface area contributed by atoms with Gasteiger partial charge in [0, 0.05) is 36.8 Å². The van der Waals surface area contributed by atoms with Gasteiger partial charge in [-0.3, -0.25) is 4.79 Å². The van der Waals surface area contributed by atoms with Crippen LogP contribution in [0.3, 0.4) is 0 Å². The first-order chi connectivity index (χ1) is 15.0. The molecule has 3 amide bonds. The van der Waals surface area contributed by atoms with Gasteiger partial charge in [0.1, 0.15) is 17.6 Å². The average molecular weight is 424 g/mol. The highest BCUT2D eigenvalue weighted by Crippen LogP contribution is 2.38. The first-order valence-corrected chi connectivity index (χ1v) is 10.9.